The highest BCUT2D eigenvalue weighted by Gasteiger charge is 2.24. The summed E-state index contributed by atoms with van der Waals surface area (Å²) in [6, 6.07) is 35.7. The minimum Gasteiger partial charge on any atom is -0.497 e. The number of amides is 3. The van der Waals surface area contributed by atoms with Gasteiger partial charge < -0.3 is 25.4 Å². The van der Waals surface area contributed by atoms with Crippen LogP contribution >= 0.6 is 11.8 Å². The second-order valence-electron chi connectivity index (χ2n) is 10.3. The van der Waals surface area contributed by atoms with Crippen LogP contribution in [0.15, 0.2) is 138 Å². The normalized spacial score (nSPS) is 11.6. The lowest BCUT2D eigenvalue weighted by atomic mass is 10.1. The Kier molecular flexibility index (Phi) is 11.2. The average molecular weight is 662 g/mol. The summed E-state index contributed by atoms with van der Waals surface area (Å²) in [6.45, 7) is 0. The van der Waals surface area contributed by atoms with Crippen molar-refractivity contribution in [2.45, 2.75) is 10.1 Å². The molecule has 3 N–H and O–H groups in total. The fourth-order valence-electron chi connectivity index (χ4n) is 4.67. The van der Waals surface area contributed by atoms with E-state index in [-0.39, 0.29) is 17.2 Å². The van der Waals surface area contributed by atoms with Gasteiger partial charge >= 0.3 is 0 Å². The quantitative estimate of drug-likeness (QED) is 0.0934. The van der Waals surface area contributed by atoms with Gasteiger partial charge in [0.1, 0.15) is 28.3 Å². The minimum atomic E-state index is -0.675. The fraction of sp³-hybridized carbons (Fsp3) is 0.0789. The monoisotopic (exact) mass is 661 g/mol. The van der Waals surface area contributed by atoms with Gasteiger partial charge in [-0.25, -0.2) is 4.39 Å². The molecule has 5 rings (SSSR count). The Morgan fingerprint density at radius 1 is 0.750 bits per heavy atom. The van der Waals surface area contributed by atoms with E-state index in [1.165, 1.54) is 43.1 Å². The number of rotatable bonds is 12. The molecule has 0 aliphatic rings. The van der Waals surface area contributed by atoms with E-state index in [0.717, 1.165) is 5.56 Å². The van der Waals surface area contributed by atoms with Gasteiger partial charge in [0.25, 0.3) is 11.8 Å². The Morgan fingerprint density at radius 2 is 1.46 bits per heavy atom. The predicted molar refractivity (Wildman–Crippen MR) is 187 cm³/mol. The van der Waals surface area contributed by atoms with Crippen LogP contribution in [-0.4, -0.2) is 31.9 Å². The van der Waals surface area contributed by atoms with Gasteiger partial charge in [-0.15, -0.1) is 11.8 Å². The number of benzene rings is 5. The lowest BCUT2D eigenvalue weighted by molar-refractivity contribution is -0.116. The lowest BCUT2D eigenvalue weighted by Crippen LogP contribution is -2.30. The highest BCUT2D eigenvalue weighted by Crippen LogP contribution is 2.38. The first-order valence-corrected chi connectivity index (χ1v) is 15.7. The van der Waals surface area contributed by atoms with E-state index in [2.05, 4.69) is 16.0 Å². The Balaban J connectivity index is 1.39. The Morgan fingerprint density at radius 3 is 2.17 bits per heavy atom. The van der Waals surface area contributed by atoms with Gasteiger partial charge in [0.05, 0.1) is 19.9 Å². The van der Waals surface area contributed by atoms with Crippen molar-refractivity contribution >= 4 is 46.9 Å². The molecule has 10 heteroatoms. The molecule has 0 saturated heterocycles. The van der Waals surface area contributed by atoms with Crippen molar-refractivity contribution in [1.82, 2.24) is 5.32 Å². The summed E-state index contributed by atoms with van der Waals surface area (Å²) in [5.41, 5.74) is 1.97. The first-order valence-electron chi connectivity index (χ1n) is 14.8. The van der Waals surface area contributed by atoms with Crippen LogP contribution in [0.3, 0.4) is 0 Å². The zero-order valence-corrected chi connectivity index (χ0v) is 26.9. The van der Waals surface area contributed by atoms with Crippen molar-refractivity contribution in [3.05, 3.63) is 156 Å². The number of halogens is 1. The molecule has 1 unspecified atom stereocenters. The zero-order chi connectivity index (χ0) is 33.9. The smallest absolute Gasteiger partial charge is 0.272 e. The highest BCUT2D eigenvalue weighted by atomic mass is 32.2. The third-order valence-corrected chi connectivity index (χ3v) is 8.33. The molecule has 0 radical (unpaired) electrons. The average Bonchev–Trinajstić information content (AvgIpc) is 3.12. The number of carbonyl (C=O) groups is 3. The molecule has 242 valence electrons. The first kappa shape index (κ1) is 33.5. The van der Waals surface area contributed by atoms with E-state index in [9.17, 15) is 18.8 Å². The maximum Gasteiger partial charge on any atom is 0.272 e. The summed E-state index contributed by atoms with van der Waals surface area (Å²) in [6.07, 6.45) is 1.29. The molecule has 0 fully saturated rings. The molecular formula is C38H32FN3O5S. The maximum atomic E-state index is 14.6. The van der Waals surface area contributed by atoms with Gasteiger partial charge in [0, 0.05) is 27.8 Å². The highest BCUT2D eigenvalue weighted by molar-refractivity contribution is 8.00. The molecule has 0 bridgehead atoms. The van der Waals surface area contributed by atoms with Gasteiger partial charge in [0.15, 0.2) is 0 Å². The molecular weight excluding hydrogens is 629 g/mol. The van der Waals surface area contributed by atoms with Crippen molar-refractivity contribution < 1.29 is 28.2 Å². The summed E-state index contributed by atoms with van der Waals surface area (Å²) >= 11 is 1.29. The van der Waals surface area contributed by atoms with Crippen LogP contribution in [0.25, 0.3) is 6.08 Å². The third kappa shape index (κ3) is 8.68. The molecule has 0 heterocycles. The van der Waals surface area contributed by atoms with Crippen molar-refractivity contribution in [3.63, 3.8) is 0 Å². The maximum absolute atomic E-state index is 14.6. The number of hydrogen-bond acceptors (Lipinski definition) is 6. The van der Waals surface area contributed by atoms with E-state index in [1.54, 1.807) is 79.9 Å². The summed E-state index contributed by atoms with van der Waals surface area (Å²) < 4.78 is 25.3. The Labute approximate surface area is 282 Å². The summed E-state index contributed by atoms with van der Waals surface area (Å²) in [5.74, 6) is -0.987. The van der Waals surface area contributed by atoms with Gasteiger partial charge in [-0.3, -0.25) is 14.4 Å². The van der Waals surface area contributed by atoms with Crippen molar-refractivity contribution in [2.24, 2.45) is 0 Å². The van der Waals surface area contributed by atoms with Gasteiger partial charge in [-0.1, -0.05) is 72.8 Å². The number of methoxy groups -OCH3 is 2. The van der Waals surface area contributed by atoms with E-state index in [1.807, 2.05) is 36.4 Å². The van der Waals surface area contributed by atoms with Gasteiger partial charge in [0.2, 0.25) is 5.91 Å². The van der Waals surface area contributed by atoms with Crippen molar-refractivity contribution in [1.29, 1.82) is 0 Å². The topological polar surface area (TPSA) is 106 Å². The van der Waals surface area contributed by atoms with Crippen molar-refractivity contribution in [2.75, 3.05) is 24.9 Å². The summed E-state index contributed by atoms with van der Waals surface area (Å²) in [4.78, 5) is 41.0. The molecule has 0 saturated carbocycles. The van der Waals surface area contributed by atoms with E-state index in [0.29, 0.717) is 33.3 Å². The molecule has 48 heavy (non-hydrogen) atoms. The molecule has 0 aliphatic heterocycles. The molecule has 8 nitrogen and oxygen atoms in total. The predicted octanol–water partition coefficient (Wildman–Crippen LogP) is 7.72. The summed E-state index contributed by atoms with van der Waals surface area (Å²) in [5, 5.41) is 7.71. The molecule has 1 atom stereocenters. The minimum absolute atomic E-state index is 0.130. The second-order valence-corrected chi connectivity index (χ2v) is 11.5. The number of thioether (sulfide) groups is 1. The van der Waals surface area contributed by atoms with Crippen LogP contribution in [0, 0.1) is 5.82 Å². The van der Waals surface area contributed by atoms with Crippen molar-refractivity contribution in [3.8, 4) is 11.5 Å². The number of ether oxygens (including phenoxy) is 2. The van der Waals surface area contributed by atoms with E-state index < -0.39 is 22.9 Å². The van der Waals surface area contributed by atoms with Crippen LogP contribution in [0.4, 0.5) is 15.8 Å². The standard InChI is InChI=1S/C38H32FN3O5S/c1-46-29-20-21-32(34(24-29)47-2)41-38(45)35(25-12-5-3-6-13-25)48-30-18-11-17-28(23-30)40-37(44)33(22-27-16-9-10-19-31(27)39)42-36(43)26-14-7-4-8-15-26/h3-24,35H,1-2H3,(H,40,44)(H,41,45)(H,42,43)/b33-22-. The van der Waals surface area contributed by atoms with Crippen LogP contribution in [0.1, 0.15) is 26.7 Å². The Hall–Kier alpha value is -5.87. The number of hydrogen-bond donors (Lipinski definition) is 3. The first-order chi connectivity index (χ1) is 23.3. The molecule has 3 amide bonds. The molecule has 0 spiro atoms. The fourth-order valence-corrected chi connectivity index (χ4v) is 5.76. The van der Waals surface area contributed by atoms with Gasteiger partial charge in [-0.2, -0.15) is 0 Å². The van der Waals surface area contributed by atoms with E-state index >= 15 is 0 Å². The van der Waals surface area contributed by atoms with E-state index in [4.69, 9.17) is 9.47 Å². The molecule has 5 aromatic rings. The number of nitrogens with one attached hydrogen (secondary N) is 3. The van der Waals surface area contributed by atoms with Crippen LogP contribution in [0.2, 0.25) is 0 Å². The summed E-state index contributed by atoms with van der Waals surface area (Å²) in [7, 11) is 3.06. The Bertz CT molecular complexity index is 1940. The van der Waals surface area contributed by atoms with Crippen LogP contribution in [0.5, 0.6) is 11.5 Å². The largest absolute Gasteiger partial charge is 0.497 e. The van der Waals surface area contributed by atoms with Crippen LogP contribution < -0.4 is 25.4 Å². The van der Waals surface area contributed by atoms with Gasteiger partial charge in [-0.05, 0) is 60.2 Å². The molecule has 0 aliphatic carbocycles. The third-order valence-electron chi connectivity index (χ3n) is 7.09. The molecule has 0 aromatic heterocycles. The zero-order valence-electron chi connectivity index (χ0n) is 26.1. The van der Waals surface area contributed by atoms with Crippen LogP contribution in [-0.2, 0) is 9.59 Å². The SMILES string of the molecule is COc1ccc(NC(=O)C(Sc2cccc(NC(=O)/C(=C/c3ccccc3F)NC(=O)c3ccccc3)c2)c2ccccc2)c(OC)c1. The number of carbonyl (C=O) groups excluding carboxylic acids is 3. The number of anilines is 2. The second kappa shape index (κ2) is 16.1. The molecule has 5 aromatic carbocycles. The lowest BCUT2D eigenvalue weighted by Gasteiger charge is -2.19.